The van der Waals surface area contributed by atoms with Crippen molar-refractivity contribution in [2.75, 3.05) is 7.11 Å². The second-order valence-electron chi connectivity index (χ2n) is 7.69. The summed E-state index contributed by atoms with van der Waals surface area (Å²) in [5.41, 5.74) is 1.75. The lowest BCUT2D eigenvalue weighted by Crippen LogP contribution is -2.53. The average Bonchev–Trinajstić information content (AvgIpc) is 2.73. The van der Waals surface area contributed by atoms with E-state index in [1.54, 1.807) is 0 Å². The number of amides is 2. The molecule has 0 aromatic heterocycles. The normalized spacial score (nSPS) is 12.9. The van der Waals surface area contributed by atoms with Crippen LogP contribution in [0.2, 0.25) is 0 Å². The summed E-state index contributed by atoms with van der Waals surface area (Å²) in [4.78, 5) is 37.5. The van der Waals surface area contributed by atoms with Gasteiger partial charge in [0.05, 0.1) is 7.11 Å². The quantitative estimate of drug-likeness (QED) is 0.623. The highest BCUT2D eigenvalue weighted by Crippen LogP contribution is 2.29. The first-order valence-corrected chi connectivity index (χ1v) is 10.1. The van der Waals surface area contributed by atoms with Gasteiger partial charge < -0.3 is 15.4 Å². The van der Waals surface area contributed by atoms with Crippen molar-refractivity contribution >= 4 is 17.8 Å². The van der Waals surface area contributed by atoms with Gasteiger partial charge in [-0.25, -0.2) is 4.79 Å². The summed E-state index contributed by atoms with van der Waals surface area (Å²) in [5, 5.41) is 5.54. The molecule has 0 aliphatic carbocycles. The van der Waals surface area contributed by atoms with Crippen molar-refractivity contribution in [1.82, 2.24) is 10.6 Å². The van der Waals surface area contributed by atoms with E-state index >= 15 is 0 Å². The molecule has 0 aliphatic rings. The van der Waals surface area contributed by atoms with E-state index < -0.39 is 29.9 Å². The van der Waals surface area contributed by atoms with Crippen LogP contribution in [-0.2, 0) is 19.1 Å². The number of nitrogens with one attached hydrogen (secondary N) is 2. The number of hydrogen-bond donors (Lipinski definition) is 2. The lowest BCUT2D eigenvalue weighted by Gasteiger charge is -2.29. The van der Waals surface area contributed by atoms with Crippen LogP contribution in [0.15, 0.2) is 60.7 Å². The van der Waals surface area contributed by atoms with Crippen molar-refractivity contribution in [3.05, 3.63) is 71.8 Å². The zero-order valence-electron chi connectivity index (χ0n) is 17.9. The lowest BCUT2D eigenvalue weighted by atomic mass is 9.84. The van der Waals surface area contributed by atoms with E-state index in [0.29, 0.717) is 6.42 Å². The van der Waals surface area contributed by atoms with Crippen LogP contribution < -0.4 is 10.6 Å². The van der Waals surface area contributed by atoms with Crippen molar-refractivity contribution in [2.24, 2.45) is 5.92 Å². The summed E-state index contributed by atoms with van der Waals surface area (Å²) >= 11 is 0. The molecule has 2 N–H and O–H groups in total. The lowest BCUT2D eigenvalue weighted by molar-refractivity contribution is -0.145. The smallest absolute Gasteiger partial charge is 0.329 e. The molecule has 0 heterocycles. The van der Waals surface area contributed by atoms with Crippen molar-refractivity contribution in [2.45, 2.75) is 45.2 Å². The third kappa shape index (κ3) is 6.44. The molecule has 160 valence electrons. The summed E-state index contributed by atoms with van der Waals surface area (Å²) in [5.74, 6) is -1.52. The number of carbonyl (C=O) groups is 3. The number of carbonyl (C=O) groups excluding carboxylic acids is 3. The van der Waals surface area contributed by atoms with Gasteiger partial charge in [0.15, 0.2) is 0 Å². The maximum atomic E-state index is 13.1. The number of methoxy groups -OCH3 is 1. The van der Waals surface area contributed by atoms with Crippen LogP contribution in [0.5, 0.6) is 0 Å². The highest BCUT2D eigenvalue weighted by Gasteiger charge is 2.35. The molecule has 0 spiro atoms. The molecule has 2 aromatic rings. The fourth-order valence-electron chi connectivity index (χ4n) is 3.51. The molecule has 2 atom stereocenters. The van der Waals surface area contributed by atoms with Crippen LogP contribution in [0.1, 0.15) is 44.2 Å². The van der Waals surface area contributed by atoms with E-state index in [2.05, 4.69) is 10.6 Å². The maximum absolute atomic E-state index is 13.1. The van der Waals surface area contributed by atoms with Gasteiger partial charge in [0.1, 0.15) is 12.1 Å². The van der Waals surface area contributed by atoms with Crippen LogP contribution >= 0.6 is 0 Å². The molecule has 0 unspecified atom stereocenters. The van der Waals surface area contributed by atoms with Gasteiger partial charge in [-0.2, -0.15) is 0 Å². The van der Waals surface area contributed by atoms with Gasteiger partial charge in [-0.1, -0.05) is 74.5 Å². The molecule has 2 aromatic carbocycles. The van der Waals surface area contributed by atoms with Crippen molar-refractivity contribution < 1.29 is 19.1 Å². The number of esters is 1. The van der Waals surface area contributed by atoms with Crippen molar-refractivity contribution in [1.29, 1.82) is 0 Å². The number of rotatable bonds is 9. The van der Waals surface area contributed by atoms with Gasteiger partial charge in [0.25, 0.3) is 0 Å². The minimum Gasteiger partial charge on any atom is -0.467 e. The number of ether oxygens (including phenoxy) is 1. The SMILES string of the molecule is COC(=O)[C@@H](NC(=O)[C@H](CC(C)C)NC(C)=O)C(c1ccccc1)c1ccccc1. The largest absolute Gasteiger partial charge is 0.467 e. The highest BCUT2D eigenvalue weighted by atomic mass is 16.5. The first-order valence-electron chi connectivity index (χ1n) is 10.1. The van der Waals surface area contributed by atoms with Crippen molar-refractivity contribution in [3.8, 4) is 0 Å². The molecular formula is C24H30N2O4. The summed E-state index contributed by atoms with van der Waals surface area (Å²) in [6.45, 7) is 5.31. The second kappa shape index (κ2) is 11.1. The molecule has 0 saturated carbocycles. The average molecular weight is 411 g/mol. The van der Waals surface area contributed by atoms with Gasteiger partial charge in [0.2, 0.25) is 11.8 Å². The number of benzene rings is 2. The molecule has 6 heteroatoms. The molecule has 6 nitrogen and oxygen atoms in total. The van der Waals surface area contributed by atoms with Gasteiger partial charge in [-0.3, -0.25) is 9.59 Å². The Morgan fingerprint density at radius 1 is 0.867 bits per heavy atom. The monoisotopic (exact) mass is 410 g/mol. The Bertz CT molecular complexity index is 797. The van der Waals surface area contributed by atoms with Crippen LogP contribution in [0.25, 0.3) is 0 Å². The minimum atomic E-state index is -0.948. The number of hydrogen-bond acceptors (Lipinski definition) is 4. The highest BCUT2D eigenvalue weighted by molar-refractivity contribution is 5.91. The van der Waals surface area contributed by atoms with Gasteiger partial charge in [0, 0.05) is 12.8 Å². The first kappa shape index (κ1) is 23.1. The molecule has 30 heavy (non-hydrogen) atoms. The van der Waals surface area contributed by atoms with E-state index in [-0.39, 0.29) is 11.8 Å². The topological polar surface area (TPSA) is 84.5 Å². The van der Waals surface area contributed by atoms with E-state index in [1.165, 1.54) is 14.0 Å². The fraction of sp³-hybridized carbons (Fsp3) is 0.375. The fourth-order valence-corrected chi connectivity index (χ4v) is 3.51. The third-order valence-electron chi connectivity index (χ3n) is 4.80. The Kier molecular flexibility index (Phi) is 8.59. The Morgan fingerprint density at radius 2 is 1.37 bits per heavy atom. The standard InChI is InChI=1S/C24H30N2O4/c1-16(2)15-20(25-17(3)27)23(28)26-22(24(29)30-4)21(18-11-7-5-8-12-18)19-13-9-6-10-14-19/h5-14,16,20-22H,15H2,1-4H3,(H,25,27)(H,26,28)/t20-,22-/m0/s1. The molecule has 0 fully saturated rings. The Morgan fingerprint density at radius 3 is 1.77 bits per heavy atom. The Labute approximate surface area is 178 Å². The summed E-state index contributed by atoms with van der Waals surface area (Å²) in [7, 11) is 1.30. The zero-order valence-corrected chi connectivity index (χ0v) is 17.9. The Balaban J connectivity index is 2.43. The Hall–Kier alpha value is -3.15. The molecule has 0 aliphatic heterocycles. The van der Waals surface area contributed by atoms with Crippen molar-refractivity contribution in [3.63, 3.8) is 0 Å². The van der Waals surface area contributed by atoms with E-state index in [1.807, 2.05) is 74.5 Å². The zero-order chi connectivity index (χ0) is 22.1. The van der Waals surface area contributed by atoms with Crippen LogP contribution in [0, 0.1) is 5.92 Å². The molecule has 2 amide bonds. The predicted molar refractivity (Wildman–Crippen MR) is 116 cm³/mol. The molecule has 0 saturated heterocycles. The molecular weight excluding hydrogens is 380 g/mol. The maximum Gasteiger partial charge on any atom is 0.329 e. The van der Waals surface area contributed by atoms with Crippen LogP contribution in [-0.4, -0.2) is 37.0 Å². The van der Waals surface area contributed by atoms with E-state index in [9.17, 15) is 14.4 Å². The van der Waals surface area contributed by atoms with E-state index in [4.69, 9.17) is 4.74 Å². The summed E-state index contributed by atoms with van der Waals surface area (Å²) in [6, 6.07) is 17.3. The predicted octanol–water partition coefficient (Wildman–Crippen LogP) is 3.03. The summed E-state index contributed by atoms with van der Waals surface area (Å²) < 4.78 is 5.04. The van der Waals surface area contributed by atoms with Crippen LogP contribution in [0.3, 0.4) is 0 Å². The molecule has 2 rings (SSSR count). The van der Waals surface area contributed by atoms with Gasteiger partial charge in [-0.05, 0) is 23.5 Å². The third-order valence-corrected chi connectivity index (χ3v) is 4.80. The first-order chi connectivity index (χ1) is 14.3. The molecule has 0 radical (unpaired) electrons. The second-order valence-corrected chi connectivity index (χ2v) is 7.69. The molecule has 0 bridgehead atoms. The summed E-state index contributed by atoms with van der Waals surface area (Å²) in [6.07, 6.45) is 0.459. The van der Waals surface area contributed by atoms with Crippen LogP contribution in [0.4, 0.5) is 0 Å². The minimum absolute atomic E-state index is 0.184. The van der Waals surface area contributed by atoms with Gasteiger partial charge >= 0.3 is 5.97 Å². The van der Waals surface area contributed by atoms with E-state index in [0.717, 1.165) is 11.1 Å². The van der Waals surface area contributed by atoms with Gasteiger partial charge in [-0.15, -0.1) is 0 Å².